The van der Waals surface area contributed by atoms with Gasteiger partial charge in [-0.05, 0) is 31.5 Å². The van der Waals surface area contributed by atoms with Crippen LogP contribution in [-0.2, 0) is 15.1 Å². The van der Waals surface area contributed by atoms with E-state index in [2.05, 4.69) is 15.6 Å². The van der Waals surface area contributed by atoms with E-state index in [0.717, 1.165) is 6.07 Å². The van der Waals surface area contributed by atoms with E-state index in [1.165, 1.54) is 19.2 Å². The van der Waals surface area contributed by atoms with Crippen LogP contribution in [0.4, 0.5) is 19.3 Å². The fourth-order valence-corrected chi connectivity index (χ4v) is 4.47. The second-order valence-electron chi connectivity index (χ2n) is 8.39. The van der Waals surface area contributed by atoms with Crippen LogP contribution in [0.2, 0.25) is 0 Å². The second kappa shape index (κ2) is 9.24. The number of nitrogens with one attached hydrogen (secondary N) is 2. The van der Waals surface area contributed by atoms with Gasteiger partial charge in [0.25, 0.3) is 5.91 Å². The second-order valence-corrected chi connectivity index (χ2v) is 8.39. The number of piperazine rings is 1. The van der Waals surface area contributed by atoms with Crippen molar-refractivity contribution < 1.29 is 27.9 Å². The Kier molecular flexibility index (Phi) is 6.36. The Morgan fingerprint density at radius 3 is 2.56 bits per heavy atom. The van der Waals surface area contributed by atoms with Crippen molar-refractivity contribution in [3.63, 3.8) is 0 Å². The molecule has 2 aliphatic rings. The third-order valence-electron chi connectivity index (χ3n) is 6.18. The molecule has 2 fully saturated rings. The highest BCUT2D eigenvalue weighted by atomic mass is 19.1. The number of hydrogen-bond donors (Lipinski definition) is 2. The molecule has 9 nitrogen and oxygen atoms in total. The Labute approximate surface area is 195 Å². The van der Waals surface area contributed by atoms with Gasteiger partial charge in [0.15, 0.2) is 5.54 Å². The van der Waals surface area contributed by atoms with Crippen LogP contribution in [0.25, 0.3) is 0 Å². The zero-order chi connectivity index (χ0) is 24.5. The molecule has 0 spiro atoms. The fourth-order valence-electron chi connectivity index (χ4n) is 4.47. The van der Waals surface area contributed by atoms with Gasteiger partial charge in [0, 0.05) is 49.9 Å². The smallest absolute Gasteiger partial charge is 0.322 e. The SMILES string of the molecule is COc1cccc(C2(CCC(=O)N3CCN(c4cc(F)cc(F)c4)[C@@H](C)C3)NC(=O)NC2=O)n1. The molecule has 1 unspecified atom stereocenters. The Morgan fingerprint density at radius 1 is 1.21 bits per heavy atom. The maximum absolute atomic E-state index is 13.6. The number of imide groups is 1. The summed E-state index contributed by atoms with van der Waals surface area (Å²) < 4.78 is 32.4. The summed E-state index contributed by atoms with van der Waals surface area (Å²) in [5.41, 5.74) is -0.798. The number of carbonyl (C=O) groups excluding carboxylic acids is 3. The molecule has 34 heavy (non-hydrogen) atoms. The predicted octanol–water partition coefficient (Wildman–Crippen LogP) is 1.92. The standard InChI is InChI=1S/C23H25F2N5O4/c1-14-13-29(8-9-30(14)17-11-15(24)10-16(25)12-17)20(31)6-7-23(21(32)27-22(33)28-23)18-4-3-5-19(26-18)34-2/h3-5,10-12,14H,6-9,13H2,1-2H3,(H2,27,28,32,33)/t14-,23?/m0/s1. The van der Waals surface area contributed by atoms with Crippen LogP contribution in [0.1, 0.15) is 25.5 Å². The van der Waals surface area contributed by atoms with Crippen LogP contribution in [0.3, 0.4) is 0 Å². The van der Waals surface area contributed by atoms with Gasteiger partial charge in [0.05, 0.1) is 12.8 Å². The van der Waals surface area contributed by atoms with Gasteiger partial charge in [-0.2, -0.15) is 0 Å². The molecule has 1 aromatic carbocycles. The lowest BCUT2D eigenvalue weighted by Crippen LogP contribution is -2.54. The van der Waals surface area contributed by atoms with E-state index in [-0.39, 0.29) is 36.4 Å². The Bertz CT molecular complexity index is 1110. The first-order valence-electron chi connectivity index (χ1n) is 10.9. The number of anilines is 1. The van der Waals surface area contributed by atoms with Crippen LogP contribution < -0.4 is 20.3 Å². The molecule has 3 heterocycles. The number of hydrogen-bond acceptors (Lipinski definition) is 6. The minimum atomic E-state index is -1.49. The molecule has 180 valence electrons. The minimum Gasteiger partial charge on any atom is -0.481 e. The van der Waals surface area contributed by atoms with Crippen LogP contribution in [0.5, 0.6) is 5.88 Å². The van der Waals surface area contributed by atoms with E-state index in [9.17, 15) is 23.2 Å². The number of ether oxygens (including phenoxy) is 1. The molecule has 1 aromatic heterocycles. The van der Waals surface area contributed by atoms with E-state index in [1.807, 2.05) is 11.8 Å². The number of rotatable bonds is 6. The van der Waals surface area contributed by atoms with Gasteiger partial charge in [-0.3, -0.25) is 14.9 Å². The minimum absolute atomic E-state index is 0.00722. The Hall–Kier alpha value is -3.76. The Balaban J connectivity index is 1.45. The van der Waals surface area contributed by atoms with Gasteiger partial charge in [-0.1, -0.05) is 6.07 Å². The lowest BCUT2D eigenvalue weighted by molar-refractivity contribution is -0.133. The quantitative estimate of drug-likeness (QED) is 0.622. The summed E-state index contributed by atoms with van der Waals surface area (Å²) in [7, 11) is 1.44. The molecule has 2 aliphatic heterocycles. The summed E-state index contributed by atoms with van der Waals surface area (Å²) in [6.07, 6.45) is -0.0127. The third kappa shape index (κ3) is 4.50. The first kappa shape index (κ1) is 23.4. The summed E-state index contributed by atoms with van der Waals surface area (Å²) in [5.74, 6) is -1.83. The van der Waals surface area contributed by atoms with Crippen LogP contribution in [0.15, 0.2) is 36.4 Å². The van der Waals surface area contributed by atoms with Crippen molar-refractivity contribution in [3.05, 3.63) is 53.7 Å². The predicted molar refractivity (Wildman–Crippen MR) is 118 cm³/mol. The molecule has 4 rings (SSSR count). The van der Waals surface area contributed by atoms with Crippen LogP contribution in [-0.4, -0.2) is 60.5 Å². The van der Waals surface area contributed by atoms with Crippen molar-refractivity contribution in [2.24, 2.45) is 0 Å². The van der Waals surface area contributed by atoms with Crippen molar-refractivity contribution in [2.75, 3.05) is 31.6 Å². The number of carbonyl (C=O) groups is 3. The maximum Gasteiger partial charge on any atom is 0.322 e. The highest BCUT2D eigenvalue weighted by Crippen LogP contribution is 2.31. The largest absolute Gasteiger partial charge is 0.481 e. The average molecular weight is 473 g/mol. The van der Waals surface area contributed by atoms with E-state index in [0.29, 0.717) is 25.3 Å². The molecule has 2 saturated heterocycles. The highest BCUT2D eigenvalue weighted by Gasteiger charge is 2.49. The lowest BCUT2D eigenvalue weighted by Gasteiger charge is -2.41. The summed E-state index contributed by atoms with van der Waals surface area (Å²) in [6, 6.07) is 7.37. The molecular formula is C23H25F2N5O4. The van der Waals surface area contributed by atoms with Crippen molar-refractivity contribution in [1.29, 1.82) is 0 Å². The number of benzene rings is 1. The molecule has 2 aromatic rings. The third-order valence-corrected chi connectivity index (χ3v) is 6.18. The van der Waals surface area contributed by atoms with Crippen LogP contribution >= 0.6 is 0 Å². The number of halogens is 2. The molecular weight excluding hydrogens is 448 g/mol. The number of urea groups is 1. The Morgan fingerprint density at radius 2 is 1.94 bits per heavy atom. The number of nitrogens with zero attached hydrogens (tertiary/aromatic N) is 3. The molecule has 0 bridgehead atoms. The molecule has 0 saturated carbocycles. The zero-order valence-electron chi connectivity index (χ0n) is 18.8. The number of aromatic nitrogens is 1. The first-order valence-corrected chi connectivity index (χ1v) is 10.9. The molecule has 0 aliphatic carbocycles. The van der Waals surface area contributed by atoms with Crippen molar-refractivity contribution in [2.45, 2.75) is 31.3 Å². The fraction of sp³-hybridized carbons (Fsp3) is 0.391. The summed E-state index contributed by atoms with van der Waals surface area (Å²) in [5, 5.41) is 4.85. The van der Waals surface area contributed by atoms with Crippen LogP contribution in [0, 0.1) is 11.6 Å². The highest BCUT2D eigenvalue weighted by molar-refractivity contribution is 6.07. The van der Waals surface area contributed by atoms with Gasteiger partial charge < -0.3 is 19.9 Å². The van der Waals surface area contributed by atoms with Crippen molar-refractivity contribution in [1.82, 2.24) is 20.5 Å². The number of methoxy groups -OCH3 is 1. The van der Waals surface area contributed by atoms with Gasteiger partial charge in [-0.15, -0.1) is 0 Å². The molecule has 2 atom stereocenters. The maximum atomic E-state index is 13.6. The molecule has 4 amide bonds. The normalized spacial score (nSPS) is 22.4. The van der Waals surface area contributed by atoms with E-state index in [1.54, 1.807) is 23.1 Å². The van der Waals surface area contributed by atoms with E-state index >= 15 is 0 Å². The molecule has 11 heteroatoms. The zero-order valence-corrected chi connectivity index (χ0v) is 18.8. The topological polar surface area (TPSA) is 104 Å². The van der Waals surface area contributed by atoms with E-state index in [4.69, 9.17) is 4.74 Å². The van der Waals surface area contributed by atoms with Gasteiger partial charge in [0.2, 0.25) is 11.8 Å². The summed E-state index contributed by atoms with van der Waals surface area (Å²) in [4.78, 5) is 45.5. The molecule has 2 N–H and O–H groups in total. The van der Waals surface area contributed by atoms with Gasteiger partial charge >= 0.3 is 6.03 Å². The average Bonchev–Trinajstić information content (AvgIpc) is 3.10. The lowest BCUT2D eigenvalue weighted by atomic mass is 9.88. The number of amides is 4. The summed E-state index contributed by atoms with van der Waals surface area (Å²) in [6.45, 7) is 2.97. The van der Waals surface area contributed by atoms with Gasteiger partial charge in [0.1, 0.15) is 11.6 Å². The summed E-state index contributed by atoms with van der Waals surface area (Å²) >= 11 is 0. The van der Waals surface area contributed by atoms with Crippen molar-refractivity contribution in [3.8, 4) is 5.88 Å². The van der Waals surface area contributed by atoms with E-state index < -0.39 is 29.1 Å². The monoisotopic (exact) mass is 473 g/mol. The van der Waals surface area contributed by atoms with Gasteiger partial charge in [-0.25, -0.2) is 18.6 Å². The number of pyridine rings is 1. The first-order chi connectivity index (χ1) is 16.2. The molecule has 0 radical (unpaired) electrons. The van der Waals surface area contributed by atoms with Crippen molar-refractivity contribution >= 4 is 23.5 Å².